The molecule has 3 atom stereocenters. The molecule has 3 heterocycles. The van der Waals surface area contributed by atoms with E-state index in [0.29, 0.717) is 24.1 Å². The number of hydrogen-bond donors (Lipinski definition) is 2. The fourth-order valence-corrected chi connectivity index (χ4v) is 5.08. The molecule has 1 fully saturated rings. The third kappa shape index (κ3) is 2.76. The number of fused-ring (bicyclic) bond motifs is 3. The Kier molecular flexibility index (Phi) is 4.19. The molecule has 27 heavy (non-hydrogen) atoms. The van der Waals surface area contributed by atoms with Crippen LogP contribution in [-0.4, -0.2) is 37.4 Å². The Hall–Kier alpha value is -1.95. The topological polar surface area (TPSA) is 44.7 Å². The SMILES string of the molecule is CC(O)c1cc(F)ccc1-c1cc2c3c(c1)C1CNCCC1N3CCOC2. The van der Waals surface area contributed by atoms with E-state index in [2.05, 4.69) is 22.3 Å². The maximum atomic E-state index is 13.8. The van der Waals surface area contributed by atoms with E-state index >= 15 is 0 Å². The number of piperidine rings is 1. The summed E-state index contributed by atoms with van der Waals surface area (Å²) in [5.74, 6) is 0.154. The Morgan fingerprint density at radius 2 is 2.19 bits per heavy atom. The Bertz CT molecular complexity index is 883. The molecule has 2 N–H and O–H groups in total. The first kappa shape index (κ1) is 17.2. The van der Waals surface area contributed by atoms with Crippen LogP contribution in [0.15, 0.2) is 30.3 Å². The van der Waals surface area contributed by atoms with Gasteiger partial charge in [-0.15, -0.1) is 0 Å². The zero-order valence-electron chi connectivity index (χ0n) is 15.5. The molecule has 5 heteroatoms. The van der Waals surface area contributed by atoms with Crippen molar-refractivity contribution >= 4 is 5.69 Å². The van der Waals surface area contributed by atoms with Crippen LogP contribution in [0.25, 0.3) is 11.1 Å². The first-order valence-corrected chi connectivity index (χ1v) is 9.83. The lowest BCUT2D eigenvalue weighted by Gasteiger charge is -2.33. The van der Waals surface area contributed by atoms with Crippen LogP contribution in [0.4, 0.5) is 10.1 Å². The number of halogens is 1. The van der Waals surface area contributed by atoms with E-state index in [9.17, 15) is 9.50 Å². The van der Waals surface area contributed by atoms with Crippen LogP contribution < -0.4 is 10.2 Å². The summed E-state index contributed by atoms with van der Waals surface area (Å²) in [5, 5.41) is 13.7. The normalized spacial score (nSPS) is 24.9. The summed E-state index contributed by atoms with van der Waals surface area (Å²) in [4.78, 5) is 2.55. The highest BCUT2D eigenvalue weighted by molar-refractivity contribution is 5.77. The zero-order chi connectivity index (χ0) is 18.5. The van der Waals surface area contributed by atoms with Gasteiger partial charge in [0.25, 0.3) is 0 Å². The Morgan fingerprint density at radius 3 is 3.04 bits per heavy atom. The molecule has 142 valence electrons. The van der Waals surface area contributed by atoms with Crippen molar-refractivity contribution in [1.82, 2.24) is 5.32 Å². The van der Waals surface area contributed by atoms with Gasteiger partial charge in [0.05, 0.1) is 19.3 Å². The molecular weight excluding hydrogens is 343 g/mol. The number of nitrogens with zero attached hydrogens (tertiary/aromatic N) is 1. The molecule has 0 amide bonds. The molecule has 2 aromatic carbocycles. The van der Waals surface area contributed by atoms with Crippen molar-refractivity contribution in [3.8, 4) is 11.1 Å². The van der Waals surface area contributed by atoms with Crippen molar-refractivity contribution < 1.29 is 14.2 Å². The van der Waals surface area contributed by atoms with Crippen LogP contribution in [0, 0.1) is 5.82 Å². The second-order valence-electron chi connectivity index (χ2n) is 7.89. The number of nitrogens with one attached hydrogen (secondary N) is 1. The summed E-state index contributed by atoms with van der Waals surface area (Å²) in [5.41, 5.74) is 6.48. The van der Waals surface area contributed by atoms with Crippen LogP contribution in [0.5, 0.6) is 0 Å². The van der Waals surface area contributed by atoms with Crippen LogP contribution in [0.1, 0.15) is 42.1 Å². The van der Waals surface area contributed by atoms with Gasteiger partial charge < -0.3 is 20.1 Å². The quantitative estimate of drug-likeness (QED) is 0.853. The third-order valence-corrected chi connectivity index (χ3v) is 6.26. The maximum Gasteiger partial charge on any atom is 0.123 e. The lowest BCUT2D eigenvalue weighted by Crippen LogP contribution is -2.44. The summed E-state index contributed by atoms with van der Waals surface area (Å²) in [6, 6.07) is 9.65. The monoisotopic (exact) mass is 368 g/mol. The predicted molar refractivity (Wildman–Crippen MR) is 103 cm³/mol. The molecule has 2 aromatic rings. The molecule has 0 aromatic heterocycles. The molecule has 0 saturated carbocycles. The van der Waals surface area contributed by atoms with Crippen LogP contribution in [0.2, 0.25) is 0 Å². The van der Waals surface area contributed by atoms with E-state index in [0.717, 1.165) is 43.8 Å². The van der Waals surface area contributed by atoms with Gasteiger partial charge in [0.2, 0.25) is 0 Å². The lowest BCUT2D eigenvalue weighted by atomic mass is 9.86. The van der Waals surface area contributed by atoms with Crippen LogP contribution in [-0.2, 0) is 11.3 Å². The molecule has 1 saturated heterocycles. The molecular formula is C22H25FN2O2. The van der Waals surface area contributed by atoms with E-state index in [1.165, 1.54) is 28.9 Å². The Balaban J connectivity index is 1.69. The molecule has 0 bridgehead atoms. The molecule has 5 rings (SSSR count). The molecule has 4 nitrogen and oxygen atoms in total. The average molecular weight is 368 g/mol. The first-order chi connectivity index (χ1) is 13.1. The molecule has 0 spiro atoms. The molecule has 3 aliphatic rings. The van der Waals surface area contributed by atoms with Crippen molar-refractivity contribution in [3.05, 3.63) is 52.8 Å². The number of anilines is 1. The second-order valence-corrected chi connectivity index (χ2v) is 7.89. The van der Waals surface area contributed by atoms with E-state index in [4.69, 9.17) is 4.74 Å². The number of rotatable bonds is 2. The number of benzene rings is 2. The van der Waals surface area contributed by atoms with Crippen molar-refractivity contribution in [1.29, 1.82) is 0 Å². The molecule has 3 aliphatic heterocycles. The highest BCUT2D eigenvalue weighted by Crippen LogP contribution is 2.48. The molecule has 0 aliphatic carbocycles. The minimum absolute atomic E-state index is 0.319. The minimum Gasteiger partial charge on any atom is -0.389 e. The van der Waals surface area contributed by atoms with Crippen molar-refractivity contribution in [2.75, 3.05) is 31.1 Å². The lowest BCUT2D eigenvalue weighted by molar-refractivity contribution is 0.130. The van der Waals surface area contributed by atoms with Gasteiger partial charge in [-0.05, 0) is 66.4 Å². The van der Waals surface area contributed by atoms with Gasteiger partial charge >= 0.3 is 0 Å². The summed E-state index contributed by atoms with van der Waals surface area (Å²) >= 11 is 0. The first-order valence-electron chi connectivity index (χ1n) is 9.83. The number of aliphatic hydroxyl groups excluding tert-OH is 1. The van der Waals surface area contributed by atoms with Gasteiger partial charge in [-0.2, -0.15) is 0 Å². The van der Waals surface area contributed by atoms with Gasteiger partial charge in [-0.1, -0.05) is 6.07 Å². The maximum absolute atomic E-state index is 13.8. The second kappa shape index (κ2) is 6.59. The number of hydrogen-bond acceptors (Lipinski definition) is 4. The standard InChI is InChI=1S/C22H25FN2O2/c1-13(26)18-10-16(23)2-3-17(18)14-8-15-12-27-7-6-25-21-4-5-24-11-20(21)19(9-14)22(15)25/h2-3,8-10,13,20-21,24,26H,4-7,11-12H2,1H3. The average Bonchev–Trinajstić information content (AvgIpc) is 2.83. The van der Waals surface area contributed by atoms with Crippen molar-refractivity contribution in [2.45, 2.75) is 38.0 Å². The Morgan fingerprint density at radius 1 is 1.30 bits per heavy atom. The summed E-state index contributed by atoms with van der Waals surface area (Å²) in [6.07, 6.45) is 0.420. The number of aliphatic hydroxyl groups is 1. The zero-order valence-corrected chi connectivity index (χ0v) is 15.5. The fraction of sp³-hybridized carbons (Fsp3) is 0.455. The fourth-order valence-electron chi connectivity index (χ4n) is 5.08. The Labute approximate surface area is 159 Å². The van der Waals surface area contributed by atoms with Crippen LogP contribution in [0.3, 0.4) is 0 Å². The van der Waals surface area contributed by atoms with E-state index in [1.54, 1.807) is 13.0 Å². The number of ether oxygens (including phenoxy) is 1. The van der Waals surface area contributed by atoms with Crippen molar-refractivity contribution in [2.24, 2.45) is 0 Å². The molecule has 3 unspecified atom stereocenters. The summed E-state index contributed by atoms with van der Waals surface area (Å²) in [7, 11) is 0. The highest BCUT2D eigenvalue weighted by atomic mass is 19.1. The van der Waals surface area contributed by atoms with Gasteiger partial charge in [0.15, 0.2) is 0 Å². The van der Waals surface area contributed by atoms with Gasteiger partial charge in [-0.25, -0.2) is 4.39 Å². The van der Waals surface area contributed by atoms with Crippen LogP contribution >= 0.6 is 0 Å². The van der Waals surface area contributed by atoms with Crippen molar-refractivity contribution in [3.63, 3.8) is 0 Å². The van der Waals surface area contributed by atoms with Gasteiger partial charge in [-0.3, -0.25) is 0 Å². The molecule has 0 radical (unpaired) electrons. The van der Waals surface area contributed by atoms with Gasteiger partial charge in [0.1, 0.15) is 5.82 Å². The highest BCUT2D eigenvalue weighted by Gasteiger charge is 2.41. The summed E-state index contributed by atoms with van der Waals surface area (Å²) < 4.78 is 19.7. The smallest absolute Gasteiger partial charge is 0.123 e. The van der Waals surface area contributed by atoms with E-state index in [1.807, 2.05) is 0 Å². The van der Waals surface area contributed by atoms with E-state index < -0.39 is 6.10 Å². The minimum atomic E-state index is -0.722. The predicted octanol–water partition coefficient (Wildman–Crippen LogP) is 3.34. The largest absolute Gasteiger partial charge is 0.389 e. The van der Waals surface area contributed by atoms with Gasteiger partial charge in [0, 0.05) is 36.3 Å². The third-order valence-electron chi connectivity index (χ3n) is 6.26. The summed E-state index contributed by atoms with van der Waals surface area (Å²) in [6.45, 7) is 6.02. The van der Waals surface area contributed by atoms with E-state index in [-0.39, 0.29) is 5.82 Å².